The minimum absolute atomic E-state index is 0.289. The second kappa shape index (κ2) is 8.29. The van der Waals surface area contributed by atoms with Gasteiger partial charge in [0, 0.05) is 5.69 Å². The number of hydrogen-bond donors (Lipinski definition) is 1. The van der Waals surface area contributed by atoms with E-state index in [1.807, 2.05) is 37.3 Å². The minimum atomic E-state index is -4.38. The summed E-state index contributed by atoms with van der Waals surface area (Å²) >= 11 is 0. The van der Waals surface area contributed by atoms with Crippen LogP contribution in [0.3, 0.4) is 0 Å². The molecular formula is C24H19F3N6O. The number of rotatable bonds is 5. The Morgan fingerprint density at radius 2 is 1.71 bits per heavy atom. The van der Waals surface area contributed by atoms with Gasteiger partial charge in [0.2, 0.25) is 0 Å². The monoisotopic (exact) mass is 464 g/mol. The first kappa shape index (κ1) is 21.6. The van der Waals surface area contributed by atoms with E-state index < -0.39 is 11.7 Å². The molecule has 0 unspecified atom stereocenters. The average molecular weight is 464 g/mol. The van der Waals surface area contributed by atoms with Crippen LogP contribution >= 0.6 is 0 Å². The van der Waals surface area contributed by atoms with Crippen molar-refractivity contribution in [1.82, 2.24) is 24.7 Å². The maximum Gasteiger partial charge on any atom is 0.416 e. The summed E-state index contributed by atoms with van der Waals surface area (Å²) in [6.07, 6.45) is -2.78. The van der Waals surface area contributed by atoms with E-state index >= 15 is 0 Å². The third-order valence-corrected chi connectivity index (χ3v) is 5.39. The van der Waals surface area contributed by atoms with E-state index in [0.29, 0.717) is 45.4 Å². The summed E-state index contributed by atoms with van der Waals surface area (Å²) in [5, 5.41) is 7.29. The third-order valence-electron chi connectivity index (χ3n) is 5.39. The SMILES string of the molecule is Cc1noc(C)c1-c1nc(Nc2ccccc2)c2ncn(Cc3ccc(C(F)(F)F)cc3)c2n1. The summed E-state index contributed by atoms with van der Waals surface area (Å²) in [5.41, 5.74) is 3.21. The fourth-order valence-corrected chi connectivity index (χ4v) is 3.72. The predicted molar refractivity (Wildman–Crippen MR) is 121 cm³/mol. The third kappa shape index (κ3) is 4.09. The summed E-state index contributed by atoms with van der Waals surface area (Å²) in [6, 6.07) is 14.6. The topological polar surface area (TPSA) is 81.7 Å². The van der Waals surface area contributed by atoms with Crippen LogP contribution in [0.15, 0.2) is 65.4 Å². The largest absolute Gasteiger partial charge is 0.416 e. The molecule has 2 aromatic carbocycles. The van der Waals surface area contributed by atoms with E-state index in [1.54, 1.807) is 17.8 Å². The summed E-state index contributed by atoms with van der Waals surface area (Å²) in [6.45, 7) is 3.88. The van der Waals surface area contributed by atoms with E-state index in [1.165, 1.54) is 12.1 Å². The molecule has 0 saturated carbocycles. The Morgan fingerprint density at radius 1 is 0.971 bits per heavy atom. The summed E-state index contributed by atoms with van der Waals surface area (Å²) in [5.74, 6) is 1.49. The molecule has 0 aliphatic carbocycles. The summed E-state index contributed by atoms with van der Waals surface area (Å²) in [7, 11) is 0. The van der Waals surface area contributed by atoms with Crippen molar-refractivity contribution >= 4 is 22.7 Å². The number of halogens is 3. The molecule has 7 nitrogen and oxygen atoms in total. The zero-order valence-electron chi connectivity index (χ0n) is 18.3. The summed E-state index contributed by atoms with van der Waals surface area (Å²) in [4.78, 5) is 13.9. The molecule has 0 amide bonds. The molecule has 0 radical (unpaired) electrons. The normalized spacial score (nSPS) is 11.8. The predicted octanol–water partition coefficient (Wildman–Crippen LogP) is 5.91. The van der Waals surface area contributed by atoms with Gasteiger partial charge in [0.05, 0.1) is 29.7 Å². The Bertz CT molecular complexity index is 1440. The smallest absolute Gasteiger partial charge is 0.361 e. The van der Waals surface area contributed by atoms with Crippen LogP contribution in [0.25, 0.3) is 22.6 Å². The maximum absolute atomic E-state index is 12.9. The van der Waals surface area contributed by atoms with Crippen molar-refractivity contribution in [3.05, 3.63) is 83.5 Å². The zero-order valence-corrected chi connectivity index (χ0v) is 18.3. The number of imidazole rings is 1. The minimum Gasteiger partial charge on any atom is -0.361 e. The lowest BCUT2D eigenvalue weighted by atomic mass is 10.1. The molecule has 5 rings (SSSR count). The number of fused-ring (bicyclic) bond motifs is 1. The molecule has 3 heterocycles. The molecule has 0 spiro atoms. The first-order chi connectivity index (χ1) is 16.3. The molecule has 34 heavy (non-hydrogen) atoms. The molecule has 0 aliphatic rings. The van der Waals surface area contributed by atoms with Gasteiger partial charge in [-0.2, -0.15) is 13.2 Å². The van der Waals surface area contributed by atoms with E-state index in [4.69, 9.17) is 14.5 Å². The Kier molecular flexibility index (Phi) is 5.27. The van der Waals surface area contributed by atoms with Crippen molar-refractivity contribution in [2.75, 3.05) is 5.32 Å². The van der Waals surface area contributed by atoms with Gasteiger partial charge in [-0.1, -0.05) is 35.5 Å². The molecule has 5 aromatic rings. The van der Waals surface area contributed by atoms with Crippen molar-refractivity contribution in [3.63, 3.8) is 0 Å². The standard InChI is InChI=1S/C24H19F3N6O/c1-14-19(15(2)34-32-14)21-30-22(29-18-6-4-3-5-7-18)20-23(31-21)33(13-28-20)12-16-8-10-17(11-9-16)24(25,26)27/h3-11,13H,12H2,1-2H3,(H,29,30,31). The van der Waals surface area contributed by atoms with Crippen LogP contribution in [0.4, 0.5) is 24.7 Å². The molecule has 0 saturated heterocycles. The van der Waals surface area contributed by atoms with Gasteiger partial charge in [0.1, 0.15) is 5.76 Å². The second-order valence-electron chi connectivity index (χ2n) is 7.83. The fourth-order valence-electron chi connectivity index (χ4n) is 3.72. The van der Waals surface area contributed by atoms with E-state index in [2.05, 4.69) is 15.5 Å². The number of nitrogens with zero attached hydrogens (tertiary/aromatic N) is 5. The van der Waals surface area contributed by atoms with Crippen LogP contribution in [0, 0.1) is 13.8 Å². The van der Waals surface area contributed by atoms with Crippen LogP contribution < -0.4 is 5.32 Å². The summed E-state index contributed by atoms with van der Waals surface area (Å²) < 4.78 is 45.8. The van der Waals surface area contributed by atoms with Gasteiger partial charge in [-0.15, -0.1) is 0 Å². The van der Waals surface area contributed by atoms with Crippen molar-refractivity contribution < 1.29 is 17.7 Å². The van der Waals surface area contributed by atoms with Crippen LogP contribution in [0.5, 0.6) is 0 Å². The number of aromatic nitrogens is 5. The lowest BCUT2D eigenvalue weighted by molar-refractivity contribution is -0.137. The number of nitrogens with one attached hydrogen (secondary N) is 1. The van der Waals surface area contributed by atoms with Crippen molar-refractivity contribution in [3.8, 4) is 11.4 Å². The second-order valence-corrected chi connectivity index (χ2v) is 7.83. The van der Waals surface area contributed by atoms with Gasteiger partial charge < -0.3 is 14.4 Å². The Labute approximate surface area is 192 Å². The highest BCUT2D eigenvalue weighted by molar-refractivity contribution is 5.87. The first-order valence-electron chi connectivity index (χ1n) is 10.4. The lowest BCUT2D eigenvalue weighted by Crippen LogP contribution is -2.06. The number of anilines is 2. The highest BCUT2D eigenvalue weighted by Crippen LogP contribution is 2.31. The van der Waals surface area contributed by atoms with Gasteiger partial charge in [-0.05, 0) is 43.7 Å². The molecule has 10 heteroatoms. The van der Waals surface area contributed by atoms with Gasteiger partial charge in [-0.3, -0.25) is 0 Å². The molecule has 0 bridgehead atoms. The van der Waals surface area contributed by atoms with Gasteiger partial charge >= 0.3 is 6.18 Å². The van der Waals surface area contributed by atoms with Crippen molar-refractivity contribution in [1.29, 1.82) is 0 Å². The van der Waals surface area contributed by atoms with E-state index in [0.717, 1.165) is 17.8 Å². The highest BCUT2D eigenvalue weighted by Gasteiger charge is 2.30. The molecule has 1 N–H and O–H groups in total. The molecule has 0 atom stereocenters. The first-order valence-corrected chi connectivity index (χ1v) is 10.4. The highest BCUT2D eigenvalue weighted by atomic mass is 19.4. The molecular weight excluding hydrogens is 445 g/mol. The van der Waals surface area contributed by atoms with Crippen LogP contribution in [-0.4, -0.2) is 24.7 Å². The number of alkyl halides is 3. The number of para-hydroxylation sites is 1. The van der Waals surface area contributed by atoms with Crippen LogP contribution in [0.2, 0.25) is 0 Å². The van der Waals surface area contributed by atoms with Crippen molar-refractivity contribution in [2.45, 2.75) is 26.6 Å². The quantitative estimate of drug-likeness (QED) is 0.348. The van der Waals surface area contributed by atoms with Crippen LogP contribution in [-0.2, 0) is 12.7 Å². The maximum atomic E-state index is 12.9. The molecule has 0 aliphatic heterocycles. The number of benzene rings is 2. The molecule has 172 valence electrons. The van der Waals surface area contributed by atoms with E-state index in [-0.39, 0.29) is 6.54 Å². The fraction of sp³-hybridized carbons (Fsp3) is 0.167. The molecule has 3 aromatic heterocycles. The Hall–Kier alpha value is -4.21. The number of hydrogen-bond acceptors (Lipinski definition) is 6. The Balaban J connectivity index is 1.60. The Morgan fingerprint density at radius 3 is 2.35 bits per heavy atom. The van der Waals surface area contributed by atoms with Crippen molar-refractivity contribution in [2.24, 2.45) is 0 Å². The van der Waals surface area contributed by atoms with Gasteiger partial charge in [0.15, 0.2) is 22.8 Å². The van der Waals surface area contributed by atoms with E-state index in [9.17, 15) is 13.2 Å². The van der Waals surface area contributed by atoms with Gasteiger partial charge in [0.25, 0.3) is 0 Å². The number of aryl methyl sites for hydroxylation is 2. The average Bonchev–Trinajstić information content (AvgIpc) is 3.36. The zero-order chi connectivity index (χ0) is 23.9. The van der Waals surface area contributed by atoms with Crippen LogP contribution in [0.1, 0.15) is 22.6 Å². The van der Waals surface area contributed by atoms with Gasteiger partial charge in [-0.25, -0.2) is 15.0 Å². The molecule has 0 fully saturated rings. The lowest BCUT2D eigenvalue weighted by Gasteiger charge is -2.11.